The van der Waals surface area contributed by atoms with Crippen LogP contribution in [0.1, 0.15) is 31.4 Å². The van der Waals surface area contributed by atoms with Gasteiger partial charge in [0.05, 0.1) is 12.8 Å². The van der Waals surface area contributed by atoms with Crippen LogP contribution in [-0.4, -0.2) is 41.0 Å². The van der Waals surface area contributed by atoms with Crippen LogP contribution in [0.5, 0.6) is 5.88 Å². The summed E-state index contributed by atoms with van der Waals surface area (Å²) in [6, 6.07) is 5.99. The number of fused-ring (bicyclic) bond motifs is 1. The van der Waals surface area contributed by atoms with Crippen molar-refractivity contribution in [1.29, 1.82) is 0 Å². The summed E-state index contributed by atoms with van der Waals surface area (Å²) in [6.07, 6.45) is 4.64. The Morgan fingerprint density at radius 3 is 3.11 bits per heavy atom. The molecular formula is C15H21N3O. The third-order valence-electron chi connectivity index (χ3n) is 4.05. The fraction of sp³-hybridized carbons (Fsp3) is 0.533. The van der Waals surface area contributed by atoms with Gasteiger partial charge in [0.15, 0.2) is 5.88 Å². The molecule has 0 saturated carbocycles. The fourth-order valence-electron chi connectivity index (χ4n) is 2.95. The number of aromatic nitrogens is 2. The van der Waals surface area contributed by atoms with Crippen LogP contribution in [-0.2, 0) is 0 Å². The Labute approximate surface area is 114 Å². The van der Waals surface area contributed by atoms with Crippen LogP contribution < -0.4 is 4.74 Å². The smallest absolute Gasteiger partial charge is 0.198 e. The van der Waals surface area contributed by atoms with Gasteiger partial charge in [-0.25, -0.2) is 4.98 Å². The lowest BCUT2D eigenvalue weighted by atomic mass is 9.95. The quantitative estimate of drug-likeness (QED) is 0.848. The van der Waals surface area contributed by atoms with Gasteiger partial charge in [-0.2, -0.15) is 0 Å². The Morgan fingerprint density at radius 2 is 2.32 bits per heavy atom. The van der Waals surface area contributed by atoms with Gasteiger partial charge in [0, 0.05) is 18.7 Å². The van der Waals surface area contributed by atoms with Gasteiger partial charge in [-0.05, 0) is 38.1 Å². The van der Waals surface area contributed by atoms with Gasteiger partial charge in [0.2, 0.25) is 0 Å². The summed E-state index contributed by atoms with van der Waals surface area (Å²) in [5.74, 6) is 1.40. The monoisotopic (exact) mass is 259 g/mol. The maximum atomic E-state index is 5.38. The van der Waals surface area contributed by atoms with E-state index in [1.165, 1.54) is 25.1 Å². The summed E-state index contributed by atoms with van der Waals surface area (Å²) in [6.45, 7) is 5.72. The first-order valence-electron chi connectivity index (χ1n) is 7.06. The van der Waals surface area contributed by atoms with Crippen LogP contribution in [0, 0.1) is 0 Å². The molecule has 0 amide bonds. The summed E-state index contributed by atoms with van der Waals surface area (Å²) >= 11 is 0. The third-order valence-corrected chi connectivity index (χ3v) is 4.05. The minimum atomic E-state index is 0.554. The molecule has 1 unspecified atom stereocenters. The number of likely N-dealkylation sites (N-methyl/N-ethyl adjacent to an activating group) is 1. The number of piperidine rings is 1. The van der Waals surface area contributed by atoms with E-state index in [0.717, 1.165) is 24.6 Å². The fourth-order valence-corrected chi connectivity index (χ4v) is 2.95. The van der Waals surface area contributed by atoms with Crippen LogP contribution in [0.3, 0.4) is 0 Å². The molecule has 0 aromatic carbocycles. The minimum Gasteiger partial charge on any atom is -0.482 e. The van der Waals surface area contributed by atoms with Crippen LogP contribution in [0.2, 0.25) is 0 Å². The van der Waals surface area contributed by atoms with Crippen LogP contribution in [0.15, 0.2) is 24.4 Å². The van der Waals surface area contributed by atoms with E-state index in [1.54, 1.807) is 7.11 Å². The highest BCUT2D eigenvalue weighted by atomic mass is 16.5. The van der Waals surface area contributed by atoms with Crippen molar-refractivity contribution < 1.29 is 4.74 Å². The normalized spacial score (nSPS) is 20.8. The predicted octanol–water partition coefficient (Wildman–Crippen LogP) is 2.54. The SMILES string of the molecule is CCN1CCCC(c2cn3c(OC)cccc3n2)C1. The van der Waals surface area contributed by atoms with E-state index in [0.29, 0.717) is 5.92 Å². The van der Waals surface area contributed by atoms with E-state index in [-0.39, 0.29) is 0 Å². The second kappa shape index (κ2) is 5.21. The summed E-state index contributed by atoms with van der Waals surface area (Å²) in [7, 11) is 1.70. The van der Waals surface area contributed by atoms with Crippen molar-refractivity contribution in [2.45, 2.75) is 25.7 Å². The van der Waals surface area contributed by atoms with Gasteiger partial charge < -0.3 is 9.64 Å². The number of ether oxygens (including phenoxy) is 1. The number of methoxy groups -OCH3 is 1. The van der Waals surface area contributed by atoms with Crippen molar-refractivity contribution >= 4 is 5.65 Å². The molecule has 19 heavy (non-hydrogen) atoms. The van der Waals surface area contributed by atoms with Crippen molar-refractivity contribution in [2.75, 3.05) is 26.7 Å². The lowest BCUT2D eigenvalue weighted by molar-refractivity contribution is 0.216. The van der Waals surface area contributed by atoms with E-state index in [2.05, 4.69) is 18.0 Å². The molecular weight excluding hydrogens is 238 g/mol. The first-order chi connectivity index (χ1) is 9.31. The van der Waals surface area contributed by atoms with E-state index in [4.69, 9.17) is 9.72 Å². The number of rotatable bonds is 3. The number of hydrogen-bond acceptors (Lipinski definition) is 3. The topological polar surface area (TPSA) is 29.8 Å². The molecule has 4 heteroatoms. The molecule has 2 aromatic rings. The van der Waals surface area contributed by atoms with E-state index >= 15 is 0 Å². The van der Waals surface area contributed by atoms with Crippen LogP contribution in [0.25, 0.3) is 5.65 Å². The van der Waals surface area contributed by atoms with Crippen molar-refractivity contribution in [3.05, 3.63) is 30.1 Å². The van der Waals surface area contributed by atoms with Gasteiger partial charge in [-0.15, -0.1) is 0 Å². The minimum absolute atomic E-state index is 0.554. The number of likely N-dealkylation sites (tertiary alicyclic amines) is 1. The van der Waals surface area contributed by atoms with Crippen LogP contribution in [0.4, 0.5) is 0 Å². The average molecular weight is 259 g/mol. The highest BCUT2D eigenvalue weighted by Gasteiger charge is 2.22. The Bertz CT molecular complexity index is 564. The molecule has 3 rings (SSSR count). The first kappa shape index (κ1) is 12.5. The van der Waals surface area contributed by atoms with Crippen molar-refractivity contribution in [3.63, 3.8) is 0 Å². The standard InChI is InChI=1S/C15H21N3O/c1-3-17-9-5-6-12(10-17)13-11-18-14(16-13)7-4-8-15(18)19-2/h4,7-8,11-12H,3,5-6,9-10H2,1-2H3. The van der Waals surface area contributed by atoms with E-state index in [9.17, 15) is 0 Å². The molecule has 1 fully saturated rings. The van der Waals surface area contributed by atoms with Gasteiger partial charge >= 0.3 is 0 Å². The number of hydrogen-bond donors (Lipinski definition) is 0. The Balaban J connectivity index is 1.92. The maximum absolute atomic E-state index is 5.38. The number of imidazole rings is 1. The molecule has 1 atom stereocenters. The lowest BCUT2D eigenvalue weighted by Crippen LogP contribution is -2.34. The molecule has 1 aliphatic rings. The van der Waals surface area contributed by atoms with Gasteiger partial charge in [0.1, 0.15) is 5.65 Å². The molecule has 0 N–H and O–H groups in total. The molecule has 102 valence electrons. The zero-order valence-corrected chi connectivity index (χ0v) is 11.7. The second-order valence-electron chi connectivity index (χ2n) is 5.19. The second-order valence-corrected chi connectivity index (χ2v) is 5.19. The molecule has 0 bridgehead atoms. The summed E-state index contributed by atoms with van der Waals surface area (Å²) in [5.41, 5.74) is 2.17. The largest absolute Gasteiger partial charge is 0.482 e. The Morgan fingerprint density at radius 1 is 1.42 bits per heavy atom. The zero-order chi connectivity index (χ0) is 13.2. The van der Waals surface area contributed by atoms with Crippen LogP contribution >= 0.6 is 0 Å². The lowest BCUT2D eigenvalue weighted by Gasteiger charge is -2.30. The Hall–Kier alpha value is -1.55. The molecule has 1 aliphatic heterocycles. The summed E-state index contributed by atoms with van der Waals surface area (Å²) in [5, 5.41) is 0. The van der Waals surface area contributed by atoms with Gasteiger partial charge in [-0.1, -0.05) is 13.0 Å². The summed E-state index contributed by atoms with van der Waals surface area (Å²) in [4.78, 5) is 7.28. The number of pyridine rings is 1. The maximum Gasteiger partial charge on any atom is 0.198 e. The molecule has 0 aliphatic carbocycles. The predicted molar refractivity (Wildman–Crippen MR) is 75.8 cm³/mol. The molecule has 2 aromatic heterocycles. The zero-order valence-electron chi connectivity index (χ0n) is 11.7. The molecule has 3 heterocycles. The highest BCUT2D eigenvalue weighted by molar-refractivity contribution is 5.44. The van der Waals surface area contributed by atoms with Gasteiger partial charge in [0.25, 0.3) is 0 Å². The third kappa shape index (κ3) is 2.32. The molecule has 1 saturated heterocycles. The van der Waals surface area contributed by atoms with Crippen molar-refractivity contribution in [2.24, 2.45) is 0 Å². The van der Waals surface area contributed by atoms with E-state index in [1.807, 2.05) is 22.6 Å². The highest BCUT2D eigenvalue weighted by Crippen LogP contribution is 2.27. The first-order valence-corrected chi connectivity index (χ1v) is 7.06. The Kier molecular flexibility index (Phi) is 3.42. The summed E-state index contributed by atoms with van der Waals surface area (Å²) < 4.78 is 7.42. The van der Waals surface area contributed by atoms with Gasteiger partial charge in [-0.3, -0.25) is 4.40 Å². The molecule has 0 radical (unpaired) electrons. The molecule has 4 nitrogen and oxygen atoms in total. The average Bonchev–Trinajstić information content (AvgIpc) is 2.91. The van der Waals surface area contributed by atoms with Crippen molar-refractivity contribution in [3.8, 4) is 5.88 Å². The van der Waals surface area contributed by atoms with E-state index < -0.39 is 0 Å². The van der Waals surface area contributed by atoms with Crippen molar-refractivity contribution in [1.82, 2.24) is 14.3 Å². The number of nitrogens with zero attached hydrogens (tertiary/aromatic N) is 3. The molecule has 0 spiro atoms.